The number of nitrogens with one attached hydrogen (secondary N) is 2. The lowest BCUT2D eigenvalue weighted by Gasteiger charge is -2.10. The van der Waals surface area contributed by atoms with Gasteiger partial charge in [0, 0.05) is 10.7 Å². The molecule has 0 aromatic heterocycles. The summed E-state index contributed by atoms with van der Waals surface area (Å²) >= 11 is 11.8. The molecular formula is C16H16Cl2N2O2. The third-order valence-electron chi connectivity index (χ3n) is 2.97. The van der Waals surface area contributed by atoms with Crippen LogP contribution in [0.1, 0.15) is 12.5 Å². The van der Waals surface area contributed by atoms with Crippen molar-refractivity contribution in [3.05, 3.63) is 58.1 Å². The van der Waals surface area contributed by atoms with Crippen molar-refractivity contribution < 1.29 is 9.53 Å². The number of benzene rings is 2. The lowest BCUT2D eigenvalue weighted by Crippen LogP contribution is -2.32. The van der Waals surface area contributed by atoms with Gasteiger partial charge in [-0.05, 0) is 42.3 Å². The highest BCUT2D eigenvalue weighted by molar-refractivity contribution is 6.35. The van der Waals surface area contributed by atoms with Gasteiger partial charge in [-0.1, -0.05) is 42.3 Å². The lowest BCUT2D eigenvalue weighted by molar-refractivity contribution is 0.234. The second-order valence-corrected chi connectivity index (χ2v) is 5.39. The van der Waals surface area contributed by atoms with Gasteiger partial charge in [0.2, 0.25) is 0 Å². The molecule has 0 unspecified atom stereocenters. The highest BCUT2D eigenvalue weighted by atomic mass is 35.5. The van der Waals surface area contributed by atoms with Crippen molar-refractivity contribution in [2.75, 3.05) is 12.0 Å². The maximum Gasteiger partial charge on any atom is 0.321 e. The summed E-state index contributed by atoms with van der Waals surface area (Å²) in [7, 11) is 0. The molecule has 2 rings (SSSR count). The predicted molar refractivity (Wildman–Crippen MR) is 89.9 cm³/mol. The highest BCUT2D eigenvalue weighted by Crippen LogP contribution is 2.27. The summed E-state index contributed by atoms with van der Waals surface area (Å²) < 4.78 is 5.37. The molecule has 116 valence electrons. The van der Waals surface area contributed by atoms with Crippen molar-refractivity contribution in [2.24, 2.45) is 0 Å². The molecule has 0 saturated heterocycles. The number of carbonyl (C=O) groups is 1. The Morgan fingerprint density at radius 2 is 1.86 bits per heavy atom. The Morgan fingerprint density at radius 3 is 2.50 bits per heavy atom. The van der Waals surface area contributed by atoms with Gasteiger partial charge < -0.3 is 15.4 Å². The molecule has 0 aliphatic rings. The van der Waals surface area contributed by atoms with Gasteiger partial charge in [-0.15, -0.1) is 0 Å². The van der Waals surface area contributed by atoms with E-state index in [1.165, 1.54) is 5.56 Å². The third kappa shape index (κ3) is 4.83. The zero-order valence-corrected chi connectivity index (χ0v) is 13.5. The minimum atomic E-state index is -0.352. The fraction of sp³-hybridized carbons (Fsp3) is 0.188. The van der Waals surface area contributed by atoms with Crippen molar-refractivity contribution in [1.82, 2.24) is 5.32 Å². The predicted octanol–water partition coefficient (Wildman–Crippen LogP) is 4.71. The molecule has 2 aromatic rings. The molecule has 0 aliphatic carbocycles. The van der Waals surface area contributed by atoms with E-state index in [9.17, 15) is 4.79 Å². The number of hydrogen-bond acceptors (Lipinski definition) is 2. The zero-order valence-electron chi connectivity index (χ0n) is 12.0. The summed E-state index contributed by atoms with van der Waals surface area (Å²) in [6.45, 7) is 2.08. The average Bonchev–Trinajstić information content (AvgIpc) is 2.50. The molecule has 0 radical (unpaired) electrons. The SMILES string of the molecule is CCc1ccc(NC(=O)NCOc2ccc(Cl)cc2Cl)cc1. The van der Waals surface area contributed by atoms with E-state index in [2.05, 4.69) is 17.6 Å². The molecule has 0 heterocycles. The molecule has 0 atom stereocenters. The molecule has 2 amide bonds. The Hall–Kier alpha value is -1.91. The van der Waals surface area contributed by atoms with Gasteiger partial charge >= 0.3 is 6.03 Å². The fourth-order valence-electron chi connectivity index (χ4n) is 1.77. The van der Waals surface area contributed by atoms with Crippen LogP contribution < -0.4 is 15.4 Å². The summed E-state index contributed by atoms with van der Waals surface area (Å²) in [6, 6.07) is 12.2. The molecule has 22 heavy (non-hydrogen) atoms. The van der Waals surface area contributed by atoms with Crippen LogP contribution in [-0.4, -0.2) is 12.8 Å². The van der Waals surface area contributed by atoms with Crippen LogP contribution in [0.5, 0.6) is 5.75 Å². The molecule has 0 aliphatic heterocycles. The molecule has 6 heteroatoms. The number of urea groups is 1. The summed E-state index contributed by atoms with van der Waals surface area (Å²) in [6.07, 6.45) is 0.960. The van der Waals surface area contributed by atoms with E-state index in [1.807, 2.05) is 24.3 Å². The highest BCUT2D eigenvalue weighted by Gasteiger charge is 2.04. The second kappa shape index (κ2) is 7.92. The largest absolute Gasteiger partial charge is 0.472 e. The van der Waals surface area contributed by atoms with Crippen molar-refractivity contribution in [3.63, 3.8) is 0 Å². The van der Waals surface area contributed by atoms with Crippen LogP contribution in [0.15, 0.2) is 42.5 Å². The number of ether oxygens (including phenoxy) is 1. The van der Waals surface area contributed by atoms with Gasteiger partial charge in [-0.25, -0.2) is 4.79 Å². The maximum atomic E-state index is 11.7. The Morgan fingerprint density at radius 1 is 1.14 bits per heavy atom. The van der Waals surface area contributed by atoms with Crippen LogP contribution in [0.25, 0.3) is 0 Å². The third-order valence-corrected chi connectivity index (χ3v) is 3.50. The fourth-order valence-corrected chi connectivity index (χ4v) is 2.23. The van der Waals surface area contributed by atoms with Crippen molar-refractivity contribution in [2.45, 2.75) is 13.3 Å². The first kappa shape index (κ1) is 16.5. The Bertz CT molecular complexity index is 645. The van der Waals surface area contributed by atoms with E-state index in [-0.39, 0.29) is 12.8 Å². The van der Waals surface area contributed by atoms with Crippen LogP contribution >= 0.6 is 23.2 Å². The molecule has 0 bridgehead atoms. The molecule has 0 saturated carbocycles. The number of anilines is 1. The second-order valence-electron chi connectivity index (χ2n) is 4.54. The van der Waals surface area contributed by atoms with E-state index < -0.39 is 0 Å². The number of amides is 2. The van der Waals surface area contributed by atoms with Crippen LogP contribution in [0, 0.1) is 0 Å². The Kier molecular flexibility index (Phi) is 5.92. The Labute approximate surface area is 139 Å². The van der Waals surface area contributed by atoms with Gasteiger partial charge in [0.25, 0.3) is 0 Å². The van der Waals surface area contributed by atoms with Crippen LogP contribution in [0.2, 0.25) is 10.0 Å². The number of halogens is 2. The molecule has 2 N–H and O–H groups in total. The van der Waals surface area contributed by atoms with Gasteiger partial charge in [-0.3, -0.25) is 0 Å². The minimum absolute atomic E-state index is 0.000227. The zero-order chi connectivity index (χ0) is 15.9. The summed E-state index contributed by atoms with van der Waals surface area (Å²) in [5, 5.41) is 6.23. The minimum Gasteiger partial charge on any atom is -0.472 e. The van der Waals surface area contributed by atoms with E-state index in [0.29, 0.717) is 15.8 Å². The van der Waals surface area contributed by atoms with Crippen molar-refractivity contribution in [3.8, 4) is 5.75 Å². The first-order valence-corrected chi connectivity index (χ1v) is 7.55. The van der Waals surface area contributed by atoms with Crippen molar-refractivity contribution >= 4 is 34.9 Å². The first-order chi connectivity index (χ1) is 10.6. The lowest BCUT2D eigenvalue weighted by atomic mass is 10.1. The molecule has 0 fully saturated rings. The van der Waals surface area contributed by atoms with Gasteiger partial charge in [0.05, 0.1) is 5.02 Å². The van der Waals surface area contributed by atoms with Crippen LogP contribution in [0.3, 0.4) is 0 Å². The van der Waals surface area contributed by atoms with E-state index in [4.69, 9.17) is 27.9 Å². The smallest absolute Gasteiger partial charge is 0.321 e. The Balaban J connectivity index is 1.79. The van der Waals surface area contributed by atoms with E-state index >= 15 is 0 Å². The summed E-state index contributed by atoms with van der Waals surface area (Å²) in [5.74, 6) is 0.457. The number of carbonyl (C=O) groups excluding carboxylic acids is 1. The van der Waals surface area contributed by atoms with E-state index in [0.717, 1.165) is 12.1 Å². The number of hydrogen-bond donors (Lipinski definition) is 2. The summed E-state index contributed by atoms with van der Waals surface area (Å²) in [5.41, 5.74) is 1.94. The van der Waals surface area contributed by atoms with Crippen LogP contribution in [-0.2, 0) is 6.42 Å². The topological polar surface area (TPSA) is 50.4 Å². The van der Waals surface area contributed by atoms with Gasteiger partial charge in [0.15, 0.2) is 6.73 Å². The standard InChI is InChI=1S/C16H16Cl2N2O2/c1-2-11-3-6-13(7-4-11)20-16(21)19-10-22-15-8-5-12(17)9-14(15)18/h3-9H,2,10H2,1H3,(H2,19,20,21). The van der Waals surface area contributed by atoms with Gasteiger partial charge in [0.1, 0.15) is 5.75 Å². The summed E-state index contributed by atoms with van der Waals surface area (Å²) in [4.78, 5) is 11.7. The average molecular weight is 339 g/mol. The molecular weight excluding hydrogens is 323 g/mol. The van der Waals surface area contributed by atoms with Crippen LogP contribution in [0.4, 0.5) is 10.5 Å². The number of rotatable bonds is 5. The molecule has 2 aromatic carbocycles. The van der Waals surface area contributed by atoms with E-state index in [1.54, 1.807) is 18.2 Å². The monoisotopic (exact) mass is 338 g/mol. The van der Waals surface area contributed by atoms with Crippen molar-refractivity contribution in [1.29, 1.82) is 0 Å². The number of aryl methyl sites for hydroxylation is 1. The quantitative estimate of drug-likeness (QED) is 0.775. The molecule has 4 nitrogen and oxygen atoms in total. The normalized spacial score (nSPS) is 10.1. The maximum absolute atomic E-state index is 11.7. The van der Waals surface area contributed by atoms with Gasteiger partial charge in [-0.2, -0.15) is 0 Å². The molecule has 0 spiro atoms. The first-order valence-electron chi connectivity index (χ1n) is 6.80.